The van der Waals surface area contributed by atoms with Gasteiger partial charge >= 0.3 is 0 Å². The Morgan fingerprint density at radius 2 is 1.64 bits per heavy atom. The molecule has 0 bridgehead atoms. The maximum Gasteiger partial charge on any atom is 0.133 e. The van der Waals surface area contributed by atoms with Gasteiger partial charge in [-0.15, -0.1) is 0 Å². The van der Waals surface area contributed by atoms with E-state index in [1.165, 1.54) is 5.56 Å². The molecule has 0 unspecified atom stereocenters. The van der Waals surface area contributed by atoms with Crippen LogP contribution < -0.4 is 19.5 Å². The van der Waals surface area contributed by atoms with E-state index in [9.17, 15) is 0 Å². The highest BCUT2D eigenvalue weighted by Gasteiger charge is 2.23. The summed E-state index contributed by atoms with van der Waals surface area (Å²) in [4.78, 5) is 0. The number of aromatic nitrogens is 2. The SMILES string of the molecule is COc1ccc(-n2nc(-c3ccc(OC)cc3OC)c3c2NCCCC3)cc1. The third kappa shape index (κ3) is 3.26. The van der Waals surface area contributed by atoms with Crippen LogP contribution in [0, 0.1) is 0 Å². The molecule has 2 aromatic carbocycles. The number of nitrogens with zero attached hydrogens (tertiary/aromatic N) is 2. The van der Waals surface area contributed by atoms with E-state index < -0.39 is 0 Å². The number of anilines is 1. The van der Waals surface area contributed by atoms with E-state index in [1.807, 2.05) is 47.1 Å². The van der Waals surface area contributed by atoms with Crippen molar-refractivity contribution in [3.8, 4) is 34.2 Å². The van der Waals surface area contributed by atoms with Crippen LogP contribution in [0.2, 0.25) is 0 Å². The van der Waals surface area contributed by atoms with Crippen molar-refractivity contribution < 1.29 is 14.2 Å². The molecule has 1 N–H and O–H groups in total. The first kappa shape index (κ1) is 18.2. The van der Waals surface area contributed by atoms with Gasteiger partial charge in [-0.25, -0.2) is 4.68 Å². The molecule has 0 radical (unpaired) electrons. The van der Waals surface area contributed by atoms with Crippen LogP contribution >= 0.6 is 0 Å². The molecule has 1 aliphatic heterocycles. The summed E-state index contributed by atoms with van der Waals surface area (Å²) >= 11 is 0. The van der Waals surface area contributed by atoms with Gasteiger partial charge in [0.1, 0.15) is 28.8 Å². The maximum absolute atomic E-state index is 5.64. The lowest BCUT2D eigenvalue weighted by Crippen LogP contribution is -2.07. The van der Waals surface area contributed by atoms with Gasteiger partial charge in [-0.2, -0.15) is 5.10 Å². The number of nitrogens with one attached hydrogen (secondary N) is 1. The van der Waals surface area contributed by atoms with Gasteiger partial charge in [0.05, 0.1) is 27.0 Å². The number of methoxy groups -OCH3 is 3. The molecule has 6 heteroatoms. The van der Waals surface area contributed by atoms with Gasteiger partial charge in [0, 0.05) is 23.7 Å². The molecule has 1 aliphatic rings. The molecule has 3 aromatic rings. The van der Waals surface area contributed by atoms with Gasteiger partial charge in [0.15, 0.2) is 0 Å². The summed E-state index contributed by atoms with van der Waals surface area (Å²) in [5, 5.41) is 8.56. The van der Waals surface area contributed by atoms with Crippen molar-refractivity contribution in [2.75, 3.05) is 33.2 Å². The summed E-state index contributed by atoms with van der Waals surface area (Å²) in [6.45, 7) is 0.939. The van der Waals surface area contributed by atoms with Crippen LogP contribution in [0.3, 0.4) is 0 Å². The Balaban J connectivity index is 1.87. The molecule has 0 saturated carbocycles. The second-order valence-electron chi connectivity index (χ2n) is 6.74. The molecule has 0 amide bonds. The molecule has 4 rings (SSSR count). The molecular formula is C22H25N3O3. The number of rotatable bonds is 5. The molecule has 0 fully saturated rings. The molecule has 146 valence electrons. The Hall–Kier alpha value is -3.15. The predicted molar refractivity (Wildman–Crippen MR) is 110 cm³/mol. The molecule has 1 aromatic heterocycles. The van der Waals surface area contributed by atoms with Crippen molar-refractivity contribution in [3.63, 3.8) is 0 Å². The summed E-state index contributed by atoms with van der Waals surface area (Å²) in [5.41, 5.74) is 4.12. The van der Waals surface area contributed by atoms with E-state index in [0.29, 0.717) is 0 Å². The second kappa shape index (κ2) is 7.84. The van der Waals surface area contributed by atoms with Crippen LogP contribution in [0.15, 0.2) is 42.5 Å². The molecule has 0 spiro atoms. The van der Waals surface area contributed by atoms with E-state index in [1.54, 1.807) is 21.3 Å². The van der Waals surface area contributed by atoms with E-state index >= 15 is 0 Å². The molecular weight excluding hydrogens is 354 g/mol. The average molecular weight is 379 g/mol. The normalized spacial score (nSPS) is 13.2. The Labute approximate surface area is 165 Å². The van der Waals surface area contributed by atoms with Crippen molar-refractivity contribution >= 4 is 5.82 Å². The number of hydrogen-bond acceptors (Lipinski definition) is 5. The Morgan fingerprint density at radius 3 is 2.36 bits per heavy atom. The van der Waals surface area contributed by atoms with Crippen LogP contribution in [-0.4, -0.2) is 37.7 Å². The zero-order valence-corrected chi connectivity index (χ0v) is 16.5. The van der Waals surface area contributed by atoms with Gasteiger partial charge in [0.2, 0.25) is 0 Å². The lowest BCUT2D eigenvalue weighted by atomic mass is 10.0. The van der Waals surface area contributed by atoms with Crippen LogP contribution in [0.4, 0.5) is 5.82 Å². The van der Waals surface area contributed by atoms with Crippen LogP contribution in [0.5, 0.6) is 17.2 Å². The summed E-state index contributed by atoms with van der Waals surface area (Å²) in [5.74, 6) is 3.40. The number of ether oxygens (including phenoxy) is 3. The highest BCUT2D eigenvalue weighted by molar-refractivity contribution is 5.76. The summed E-state index contributed by atoms with van der Waals surface area (Å²) in [6.07, 6.45) is 3.24. The predicted octanol–water partition coefficient (Wildman–Crippen LogP) is 4.31. The van der Waals surface area contributed by atoms with E-state index in [4.69, 9.17) is 19.3 Å². The Bertz CT molecular complexity index is 964. The topological polar surface area (TPSA) is 57.5 Å². The maximum atomic E-state index is 5.64. The first-order chi connectivity index (χ1) is 13.7. The molecule has 0 saturated heterocycles. The molecule has 0 aliphatic carbocycles. The van der Waals surface area contributed by atoms with Crippen molar-refractivity contribution in [2.24, 2.45) is 0 Å². The first-order valence-electron chi connectivity index (χ1n) is 9.47. The smallest absolute Gasteiger partial charge is 0.133 e. The fourth-order valence-electron chi connectivity index (χ4n) is 3.62. The minimum atomic E-state index is 0.755. The minimum absolute atomic E-state index is 0.755. The fourth-order valence-corrected chi connectivity index (χ4v) is 3.62. The van der Waals surface area contributed by atoms with Gasteiger partial charge in [0.25, 0.3) is 0 Å². The number of hydrogen-bond donors (Lipinski definition) is 1. The van der Waals surface area contributed by atoms with Crippen molar-refractivity contribution in [3.05, 3.63) is 48.0 Å². The van der Waals surface area contributed by atoms with E-state index in [2.05, 4.69) is 5.32 Å². The molecule has 0 atom stereocenters. The van der Waals surface area contributed by atoms with Crippen molar-refractivity contribution in [1.29, 1.82) is 0 Å². The van der Waals surface area contributed by atoms with Crippen LogP contribution in [-0.2, 0) is 6.42 Å². The monoisotopic (exact) mass is 379 g/mol. The second-order valence-corrected chi connectivity index (χ2v) is 6.74. The van der Waals surface area contributed by atoms with Crippen molar-refractivity contribution in [2.45, 2.75) is 19.3 Å². The van der Waals surface area contributed by atoms with Gasteiger partial charge in [-0.05, 0) is 55.7 Å². The highest BCUT2D eigenvalue weighted by Crippen LogP contribution is 2.39. The van der Waals surface area contributed by atoms with Gasteiger partial charge < -0.3 is 19.5 Å². The summed E-state index contributed by atoms with van der Waals surface area (Å²) in [6, 6.07) is 13.8. The number of benzene rings is 2. The van der Waals surface area contributed by atoms with Crippen molar-refractivity contribution in [1.82, 2.24) is 9.78 Å². The lowest BCUT2D eigenvalue weighted by Gasteiger charge is -2.10. The standard InChI is InChI=1S/C22H25N3O3/c1-26-16-9-7-15(8-10-16)25-22-19(6-4-5-13-23-22)21(24-25)18-12-11-17(27-2)14-20(18)28-3/h7-12,14,23H,4-6,13H2,1-3H3. The molecule has 6 nitrogen and oxygen atoms in total. The van der Waals surface area contributed by atoms with Gasteiger partial charge in [-0.3, -0.25) is 0 Å². The first-order valence-corrected chi connectivity index (χ1v) is 9.47. The third-order valence-corrected chi connectivity index (χ3v) is 5.11. The molecule has 28 heavy (non-hydrogen) atoms. The fraction of sp³-hybridized carbons (Fsp3) is 0.318. The van der Waals surface area contributed by atoms with Gasteiger partial charge in [-0.1, -0.05) is 0 Å². The zero-order chi connectivity index (χ0) is 19.5. The largest absolute Gasteiger partial charge is 0.497 e. The third-order valence-electron chi connectivity index (χ3n) is 5.11. The zero-order valence-electron chi connectivity index (χ0n) is 16.5. The Morgan fingerprint density at radius 1 is 0.893 bits per heavy atom. The van der Waals surface area contributed by atoms with Crippen LogP contribution in [0.1, 0.15) is 18.4 Å². The highest BCUT2D eigenvalue weighted by atomic mass is 16.5. The molecule has 2 heterocycles. The number of fused-ring (bicyclic) bond motifs is 1. The average Bonchev–Trinajstić information content (AvgIpc) is 2.93. The summed E-state index contributed by atoms with van der Waals surface area (Å²) < 4.78 is 18.3. The minimum Gasteiger partial charge on any atom is -0.497 e. The van der Waals surface area contributed by atoms with E-state index in [-0.39, 0.29) is 0 Å². The lowest BCUT2D eigenvalue weighted by molar-refractivity contribution is 0.395. The quantitative estimate of drug-likeness (QED) is 0.716. The van der Waals surface area contributed by atoms with E-state index in [0.717, 1.165) is 65.8 Å². The van der Waals surface area contributed by atoms with Crippen LogP contribution in [0.25, 0.3) is 16.9 Å². The Kier molecular flexibility index (Phi) is 5.10. The summed E-state index contributed by atoms with van der Waals surface area (Å²) in [7, 11) is 5.00.